The maximum Gasteiger partial charge on any atom is 0.115 e. The van der Waals surface area contributed by atoms with Crippen molar-refractivity contribution in [3.63, 3.8) is 0 Å². The van der Waals surface area contributed by atoms with E-state index in [4.69, 9.17) is 0 Å². The molecule has 3 atom stereocenters. The van der Waals surface area contributed by atoms with Crippen molar-refractivity contribution in [3.05, 3.63) is 29.8 Å². The second-order valence-corrected chi connectivity index (χ2v) is 5.23. The van der Waals surface area contributed by atoms with Gasteiger partial charge >= 0.3 is 0 Å². The molecule has 0 spiro atoms. The fourth-order valence-electron chi connectivity index (χ4n) is 2.82. The van der Waals surface area contributed by atoms with Gasteiger partial charge in [0.15, 0.2) is 0 Å². The molecule has 3 nitrogen and oxygen atoms in total. The monoisotopic (exact) mass is 285 g/mol. The molecule has 3 N–H and O–H groups in total. The molecule has 0 unspecified atom stereocenters. The lowest BCUT2D eigenvalue weighted by Crippen LogP contribution is -2.45. The maximum atomic E-state index is 10.4. The van der Waals surface area contributed by atoms with Gasteiger partial charge in [-0.05, 0) is 37.0 Å². The van der Waals surface area contributed by atoms with Crippen molar-refractivity contribution < 1.29 is 10.2 Å². The Labute approximate surface area is 121 Å². The standard InChI is InChI=1S/C15H23NO2.ClH/c1-2-5-12-7-4-9-14(16-12)15(18)11-6-3-8-13(17)10-11;/h3,6,8,10,12,14-18H,2,4-5,7,9H2,1H3;1H/t12-,14+,15+;/m1./s1. The van der Waals surface area contributed by atoms with Crippen molar-refractivity contribution >= 4 is 12.4 Å². The van der Waals surface area contributed by atoms with E-state index in [0.717, 1.165) is 18.4 Å². The van der Waals surface area contributed by atoms with Crippen LogP contribution < -0.4 is 5.32 Å². The Morgan fingerprint density at radius 2 is 2.16 bits per heavy atom. The van der Waals surface area contributed by atoms with E-state index >= 15 is 0 Å². The highest BCUT2D eigenvalue weighted by molar-refractivity contribution is 5.85. The Kier molecular flexibility index (Phi) is 6.63. The number of halogens is 1. The highest BCUT2D eigenvalue weighted by atomic mass is 35.5. The minimum absolute atomic E-state index is 0. The average Bonchev–Trinajstić information content (AvgIpc) is 2.39. The molecule has 0 saturated carbocycles. The van der Waals surface area contributed by atoms with Gasteiger partial charge in [-0.2, -0.15) is 0 Å². The number of nitrogens with one attached hydrogen (secondary N) is 1. The van der Waals surface area contributed by atoms with Crippen LogP contribution in [0, 0.1) is 0 Å². The van der Waals surface area contributed by atoms with E-state index in [2.05, 4.69) is 12.2 Å². The van der Waals surface area contributed by atoms with Crippen LogP contribution in [-0.4, -0.2) is 22.3 Å². The molecule has 1 heterocycles. The van der Waals surface area contributed by atoms with Crippen LogP contribution >= 0.6 is 12.4 Å². The molecule has 1 aromatic rings. The lowest BCUT2D eigenvalue weighted by Gasteiger charge is -2.34. The minimum atomic E-state index is -0.531. The lowest BCUT2D eigenvalue weighted by atomic mass is 9.90. The van der Waals surface area contributed by atoms with Crippen molar-refractivity contribution in [1.29, 1.82) is 0 Å². The topological polar surface area (TPSA) is 52.5 Å². The van der Waals surface area contributed by atoms with E-state index in [1.807, 2.05) is 6.07 Å². The maximum absolute atomic E-state index is 10.4. The molecular formula is C15H24ClNO2. The number of hydrogen-bond acceptors (Lipinski definition) is 3. The highest BCUT2D eigenvalue weighted by Crippen LogP contribution is 2.27. The third kappa shape index (κ3) is 4.37. The van der Waals surface area contributed by atoms with E-state index in [9.17, 15) is 10.2 Å². The molecule has 1 aliphatic heterocycles. The summed E-state index contributed by atoms with van der Waals surface area (Å²) in [6.45, 7) is 2.19. The van der Waals surface area contributed by atoms with Crippen LogP contribution in [0.25, 0.3) is 0 Å². The van der Waals surface area contributed by atoms with Gasteiger partial charge in [0, 0.05) is 12.1 Å². The number of benzene rings is 1. The molecule has 1 aromatic carbocycles. The summed E-state index contributed by atoms with van der Waals surface area (Å²) in [6.07, 6.45) is 5.18. The summed E-state index contributed by atoms with van der Waals surface area (Å²) in [5.41, 5.74) is 0.796. The second kappa shape index (κ2) is 7.73. The number of rotatable bonds is 4. The second-order valence-electron chi connectivity index (χ2n) is 5.23. The zero-order valence-electron chi connectivity index (χ0n) is 11.4. The summed E-state index contributed by atoms with van der Waals surface area (Å²) in [6, 6.07) is 7.56. The molecule has 108 valence electrons. The number of aliphatic hydroxyl groups is 1. The number of aliphatic hydroxyl groups excluding tert-OH is 1. The normalized spacial score (nSPS) is 24.5. The Morgan fingerprint density at radius 1 is 1.37 bits per heavy atom. The molecule has 0 radical (unpaired) electrons. The first-order valence-electron chi connectivity index (χ1n) is 6.93. The molecule has 1 saturated heterocycles. The number of aromatic hydroxyl groups is 1. The largest absolute Gasteiger partial charge is 0.508 e. The van der Waals surface area contributed by atoms with Crippen LogP contribution in [-0.2, 0) is 0 Å². The number of piperidine rings is 1. The van der Waals surface area contributed by atoms with Crippen LogP contribution in [0.5, 0.6) is 5.75 Å². The summed E-state index contributed by atoms with van der Waals surface area (Å²) < 4.78 is 0. The van der Waals surface area contributed by atoms with Gasteiger partial charge in [0.2, 0.25) is 0 Å². The van der Waals surface area contributed by atoms with Crippen molar-refractivity contribution in [3.8, 4) is 5.75 Å². The molecule has 19 heavy (non-hydrogen) atoms. The Morgan fingerprint density at radius 3 is 2.84 bits per heavy atom. The summed E-state index contributed by atoms with van der Waals surface area (Å²) in [7, 11) is 0. The first-order valence-corrected chi connectivity index (χ1v) is 6.93. The summed E-state index contributed by atoms with van der Waals surface area (Å²) in [5, 5.41) is 23.4. The number of phenols is 1. The zero-order chi connectivity index (χ0) is 13.0. The van der Waals surface area contributed by atoms with Crippen LogP contribution in [0.3, 0.4) is 0 Å². The fraction of sp³-hybridized carbons (Fsp3) is 0.600. The molecule has 2 rings (SSSR count). The van der Waals surface area contributed by atoms with Crippen molar-refractivity contribution in [2.24, 2.45) is 0 Å². The predicted octanol–water partition coefficient (Wildman–Crippen LogP) is 3.16. The summed E-state index contributed by atoms with van der Waals surface area (Å²) in [5.74, 6) is 0.215. The van der Waals surface area contributed by atoms with Crippen molar-refractivity contribution in [2.75, 3.05) is 0 Å². The van der Waals surface area contributed by atoms with Gasteiger partial charge in [-0.15, -0.1) is 12.4 Å². The highest BCUT2D eigenvalue weighted by Gasteiger charge is 2.27. The molecule has 4 heteroatoms. The average molecular weight is 286 g/mol. The molecule has 0 amide bonds. The van der Waals surface area contributed by atoms with Gasteiger partial charge in [0.25, 0.3) is 0 Å². The van der Waals surface area contributed by atoms with Gasteiger partial charge in [-0.3, -0.25) is 0 Å². The molecule has 1 aliphatic rings. The molecular weight excluding hydrogens is 262 g/mol. The predicted molar refractivity (Wildman–Crippen MR) is 79.8 cm³/mol. The number of hydrogen-bond donors (Lipinski definition) is 3. The van der Waals surface area contributed by atoms with Crippen LogP contribution in [0.15, 0.2) is 24.3 Å². The van der Waals surface area contributed by atoms with Crippen LogP contribution in [0.2, 0.25) is 0 Å². The molecule has 0 aromatic heterocycles. The van der Waals surface area contributed by atoms with E-state index < -0.39 is 6.10 Å². The van der Waals surface area contributed by atoms with Gasteiger partial charge < -0.3 is 15.5 Å². The van der Waals surface area contributed by atoms with Crippen molar-refractivity contribution in [2.45, 2.75) is 57.2 Å². The van der Waals surface area contributed by atoms with E-state index in [0.29, 0.717) is 6.04 Å². The van der Waals surface area contributed by atoms with Crippen LogP contribution in [0.4, 0.5) is 0 Å². The fourth-order valence-corrected chi connectivity index (χ4v) is 2.82. The quantitative estimate of drug-likeness (QED) is 0.796. The molecule has 1 fully saturated rings. The van der Waals surface area contributed by atoms with E-state index in [1.54, 1.807) is 18.2 Å². The van der Waals surface area contributed by atoms with Gasteiger partial charge in [0.05, 0.1) is 6.10 Å². The van der Waals surface area contributed by atoms with Gasteiger partial charge in [0.1, 0.15) is 5.75 Å². The Balaban J connectivity index is 0.00000180. The van der Waals surface area contributed by atoms with Crippen molar-refractivity contribution in [1.82, 2.24) is 5.32 Å². The number of phenolic OH excluding ortho intramolecular Hbond substituents is 1. The van der Waals surface area contributed by atoms with Gasteiger partial charge in [-0.1, -0.05) is 31.9 Å². The molecule has 0 bridgehead atoms. The zero-order valence-corrected chi connectivity index (χ0v) is 12.2. The summed E-state index contributed by atoms with van der Waals surface area (Å²) in [4.78, 5) is 0. The third-order valence-electron chi connectivity index (χ3n) is 3.75. The SMILES string of the molecule is CCC[C@@H]1CCC[C@@H]([C@@H](O)c2cccc(O)c2)N1.Cl. The first-order chi connectivity index (χ1) is 8.70. The third-order valence-corrected chi connectivity index (χ3v) is 3.75. The Hall–Kier alpha value is -0.770. The van der Waals surface area contributed by atoms with E-state index in [-0.39, 0.29) is 24.2 Å². The Bertz CT molecular complexity index is 384. The van der Waals surface area contributed by atoms with Gasteiger partial charge in [-0.25, -0.2) is 0 Å². The lowest BCUT2D eigenvalue weighted by molar-refractivity contribution is 0.0996. The van der Waals surface area contributed by atoms with E-state index in [1.165, 1.54) is 19.3 Å². The summed E-state index contributed by atoms with van der Waals surface area (Å²) >= 11 is 0. The molecule has 0 aliphatic carbocycles. The smallest absolute Gasteiger partial charge is 0.115 e. The minimum Gasteiger partial charge on any atom is -0.508 e. The van der Waals surface area contributed by atoms with Crippen LogP contribution in [0.1, 0.15) is 50.7 Å². The first kappa shape index (κ1) is 16.3.